The molecule has 1 atom stereocenters. The summed E-state index contributed by atoms with van der Waals surface area (Å²) in [5.74, 6) is -0.127. The van der Waals surface area contributed by atoms with Gasteiger partial charge in [-0.05, 0) is 61.7 Å². The molecule has 2 amide bonds. The first-order chi connectivity index (χ1) is 16.6. The highest BCUT2D eigenvalue weighted by Crippen LogP contribution is 2.33. The second kappa shape index (κ2) is 9.93. The molecule has 2 N–H and O–H groups in total. The van der Waals surface area contributed by atoms with Gasteiger partial charge >= 0.3 is 11.8 Å². The molecule has 0 radical (unpaired) electrons. The van der Waals surface area contributed by atoms with Crippen LogP contribution in [0.3, 0.4) is 0 Å². The predicted octanol–water partition coefficient (Wildman–Crippen LogP) is 2.73. The Morgan fingerprint density at radius 2 is 1.74 bits per heavy atom. The molecule has 180 valence electrons. The summed E-state index contributed by atoms with van der Waals surface area (Å²) in [6.45, 7) is 4.38. The van der Waals surface area contributed by atoms with Crippen molar-refractivity contribution in [3.8, 4) is 11.5 Å². The van der Waals surface area contributed by atoms with Crippen molar-refractivity contribution in [2.75, 3.05) is 56.7 Å². The van der Waals surface area contributed by atoms with Crippen LogP contribution in [0.25, 0.3) is 0 Å². The lowest BCUT2D eigenvalue weighted by atomic mass is 9.98. The van der Waals surface area contributed by atoms with E-state index in [1.54, 1.807) is 18.2 Å². The lowest BCUT2D eigenvalue weighted by Gasteiger charge is -2.35. The number of ether oxygens (including phenoxy) is 2. The summed E-state index contributed by atoms with van der Waals surface area (Å²) >= 11 is 0. The predicted molar refractivity (Wildman–Crippen MR) is 131 cm³/mol. The van der Waals surface area contributed by atoms with Gasteiger partial charge in [0.05, 0.1) is 6.04 Å². The topological polar surface area (TPSA) is 83.1 Å². The number of hydrogen-bond donors (Lipinski definition) is 2. The molecule has 3 heterocycles. The van der Waals surface area contributed by atoms with Crippen molar-refractivity contribution in [2.24, 2.45) is 0 Å². The van der Waals surface area contributed by atoms with E-state index in [2.05, 4.69) is 45.7 Å². The number of fused-ring (bicyclic) bond motifs is 2. The van der Waals surface area contributed by atoms with Gasteiger partial charge in [0.1, 0.15) is 13.2 Å². The van der Waals surface area contributed by atoms with Crippen molar-refractivity contribution >= 4 is 23.2 Å². The van der Waals surface area contributed by atoms with Gasteiger partial charge in [-0.2, -0.15) is 0 Å². The average Bonchev–Trinajstić information content (AvgIpc) is 3.24. The van der Waals surface area contributed by atoms with Crippen molar-refractivity contribution in [2.45, 2.75) is 31.7 Å². The van der Waals surface area contributed by atoms with E-state index in [4.69, 9.17) is 9.47 Å². The van der Waals surface area contributed by atoms with Crippen LogP contribution < -0.4 is 25.0 Å². The van der Waals surface area contributed by atoms with Crippen LogP contribution in [0.4, 0.5) is 11.4 Å². The lowest BCUT2D eigenvalue weighted by molar-refractivity contribution is -0.136. The zero-order valence-corrected chi connectivity index (χ0v) is 19.6. The molecule has 1 fully saturated rings. The zero-order chi connectivity index (χ0) is 23.5. The Morgan fingerprint density at radius 1 is 0.941 bits per heavy atom. The summed E-state index contributed by atoms with van der Waals surface area (Å²) in [5.41, 5.74) is 4.33. The first kappa shape index (κ1) is 22.5. The van der Waals surface area contributed by atoms with E-state index in [1.165, 1.54) is 23.2 Å². The van der Waals surface area contributed by atoms with Crippen LogP contribution in [0.1, 0.15) is 36.4 Å². The lowest BCUT2D eigenvalue weighted by Crippen LogP contribution is -2.43. The van der Waals surface area contributed by atoms with Gasteiger partial charge in [0.15, 0.2) is 11.5 Å². The van der Waals surface area contributed by atoms with Crippen LogP contribution in [-0.4, -0.2) is 63.2 Å². The minimum atomic E-state index is -0.690. The second-order valence-corrected chi connectivity index (χ2v) is 9.19. The molecule has 5 rings (SSSR count). The summed E-state index contributed by atoms with van der Waals surface area (Å²) in [4.78, 5) is 30.0. The third kappa shape index (κ3) is 4.82. The fourth-order valence-corrected chi connectivity index (χ4v) is 5.06. The molecule has 3 aliphatic rings. The number of rotatable bonds is 5. The molecule has 0 aromatic heterocycles. The standard InChI is InChI=1S/C26H32N4O4/c1-29-12-9-19-15-18(5-7-21(19)29)22(30-10-3-2-4-11-30)17-27-25(31)26(32)28-20-6-8-23-24(16-20)34-14-13-33-23/h5-8,15-16,22H,2-4,9-14,17H2,1H3,(H,27,31)(H,28,32). The van der Waals surface area contributed by atoms with E-state index in [-0.39, 0.29) is 6.04 Å². The highest BCUT2D eigenvalue weighted by Gasteiger charge is 2.26. The number of hydrogen-bond acceptors (Lipinski definition) is 6. The van der Waals surface area contributed by atoms with Crippen LogP contribution in [0, 0.1) is 0 Å². The Balaban J connectivity index is 1.25. The highest BCUT2D eigenvalue weighted by molar-refractivity contribution is 6.39. The van der Waals surface area contributed by atoms with Gasteiger partial charge in [0, 0.05) is 37.6 Å². The summed E-state index contributed by atoms with van der Waals surface area (Å²) in [6, 6.07) is 11.8. The molecular weight excluding hydrogens is 432 g/mol. The molecule has 8 heteroatoms. The minimum Gasteiger partial charge on any atom is -0.486 e. The van der Waals surface area contributed by atoms with Crippen LogP contribution in [0.2, 0.25) is 0 Å². The number of likely N-dealkylation sites (tertiary alicyclic amines) is 1. The number of amides is 2. The molecular formula is C26H32N4O4. The Hall–Kier alpha value is -3.26. The fourth-order valence-electron chi connectivity index (χ4n) is 5.06. The number of carbonyl (C=O) groups excluding carboxylic acids is 2. The van der Waals surface area contributed by atoms with E-state index in [0.29, 0.717) is 36.9 Å². The molecule has 1 saturated heterocycles. The van der Waals surface area contributed by atoms with E-state index < -0.39 is 11.8 Å². The number of likely N-dealkylation sites (N-methyl/N-ethyl adjacent to an activating group) is 1. The quantitative estimate of drug-likeness (QED) is 0.662. The smallest absolute Gasteiger partial charge is 0.313 e. The first-order valence-corrected chi connectivity index (χ1v) is 12.2. The largest absolute Gasteiger partial charge is 0.486 e. The van der Waals surface area contributed by atoms with Gasteiger partial charge in [0.25, 0.3) is 0 Å². The number of anilines is 2. The van der Waals surface area contributed by atoms with Gasteiger partial charge < -0.3 is 25.0 Å². The van der Waals surface area contributed by atoms with Crippen LogP contribution >= 0.6 is 0 Å². The molecule has 1 unspecified atom stereocenters. The van der Waals surface area contributed by atoms with Crippen LogP contribution in [0.5, 0.6) is 11.5 Å². The normalized spacial score (nSPS) is 18.2. The molecule has 2 aromatic rings. The van der Waals surface area contributed by atoms with E-state index in [1.807, 2.05) is 0 Å². The molecule has 34 heavy (non-hydrogen) atoms. The van der Waals surface area contributed by atoms with Crippen LogP contribution in [0.15, 0.2) is 36.4 Å². The van der Waals surface area contributed by atoms with Gasteiger partial charge in [-0.3, -0.25) is 14.5 Å². The maximum absolute atomic E-state index is 12.7. The van der Waals surface area contributed by atoms with Crippen molar-refractivity contribution < 1.29 is 19.1 Å². The molecule has 0 saturated carbocycles. The molecule has 8 nitrogen and oxygen atoms in total. The molecule has 0 bridgehead atoms. The van der Waals surface area contributed by atoms with Gasteiger partial charge in [-0.25, -0.2) is 0 Å². The molecule has 3 aliphatic heterocycles. The van der Waals surface area contributed by atoms with Crippen molar-refractivity contribution in [3.05, 3.63) is 47.5 Å². The minimum absolute atomic E-state index is 0.0440. The number of benzene rings is 2. The third-order valence-corrected chi connectivity index (χ3v) is 6.91. The highest BCUT2D eigenvalue weighted by atomic mass is 16.6. The Labute approximate surface area is 200 Å². The number of nitrogens with one attached hydrogen (secondary N) is 2. The fraction of sp³-hybridized carbons (Fsp3) is 0.462. The SMILES string of the molecule is CN1CCc2cc(C(CNC(=O)C(=O)Nc3ccc4c(c3)OCCO4)N3CCCCC3)ccc21. The number of piperidine rings is 1. The van der Waals surface area contributed by atoms with E-state index in [0.717, 1.165) is 38.9 Å². The number of carbonyl (C=O) groups is 2. The number of nitrogens with zero attached hydrogens (tertiary/aromatic N) is 2. The molecule has 0 spiro atoms. The van der Waals surface area contributed by atoms with Gasteiger partial charge in [-0.15, -0.1) is 0 Å². The van der Waals surface area contributed by atoms with E-state index in [9.17, 15) is 9.59 Å². The Bertz CT molecular complexity index is 1070. The van der Waals surface area contributed by atoms with Gasteiger partial charge in [0.2, 0.25) is 0 Å². The monoisotopic (exact) mass is 464 g/mol. The third-order valence-electron chi connectivity index (χ3n) is 6.91. The Morgan fingerprint density at radius 3 is 2.56 bits per heavy atom. The van der Waals surface area contributed by atoms with Crippen molar-refractivity contribution in [1.29, 1.82) is 0 Å². The Kier molecular flexibility index (Phi) is 6.58. The molecule has 0 aliphatic carbocycles. The summed E-state index contributed by atoms with van der Waals surface area (Å²) in [5, 5.41) is 5.55. The zero-order valence-electron chi connectivity index (χ0n) is 19.6. The molecule has 2 aromatic carbocycles. The average molecular weight is 465 g/mol. The van der Waals surface area contributed by atoms with Crippen molar-refractivity contribution in [3.63, 3.8) is 0 Å². The van der Waals surface area contributed by atoms with Crippen LogP contribution in [-0.2, 0) is 16.0 Å². The summed E-state index contributed by atoms with van der Waals surface area (Å²) in [7, 11) is 2.12. The summed E-state index contributed by atoms with van der Waals surface area (Å²) in [6.07, 6.45) is 4.59. The second-order valence-electron chi connectivity index (χ2n) is 9.19. The maximum atomic E-state index is 12.7. The van der Waals surface area contributed by atoms with E-state index >= 15 is 0 Å². The summed E-state index contributed by atoms with van der Waals surface area (Å²) < 4.78 is 11.1. The maximum Gasteiger partial charge on any atom is 0.313 e. The van der Waals surface area contributed by atoms with Gasteiger partial charge in [-0.1, -0.05) is 18.6 Å². The van der Waals surface area contributed by atoms with Crippen molar-refractivity contribution in [1.82, 2.24) is 10.2 Å². The first-order valence-electron chi connectivity index (χ1n) is 12.2.